The Morgan fingerprint density at radius 1 is 1.41 bits per heavy atom. The second kappa shape index (κ2) is 4.09. The van der Waals surface area contributed by atoms with Crippen LogP contribution in [0.1, 0.15) is 36.9 Å². The summed E-state index contributed by atoms with van der Waals surface area (Å²) < 4.78 is 1.08. The zero-order valence-electron chi connectivity index (χ0n) is 9.82. The summed E-state index contributed by atoms with van der Waals surface area (Å²) in [5.41, 5.74) is 2.57. The topological polar surface area (TPSA) is 33.2 Å². The normalized spacial score (nSPS) is 27.6. The van der Waals surface area contributed by atoms with Crippen LogP contribution < -0.4 is 0 Å². The first-order valence-corrected chi connectivity index (χ1v) is 6.90. The van der Waals surface area contributed by atoms with E-state index in [9.17, 15) is 4.79 Å². The molecule has 0 spiro atoms. The Labute approximate surface area is 109 Å². The number of pyridine rings is 1. The summed E-state index contributed by atoms with van der Waals surface area (Å²) in [6, 6.07) is 0.257. The van der Waals surface area contributed by atoms with Gasteiger partial charge in [0.2, 0.25) is 5.91 Å². The van der Waals surface area contributed by atoms with Gasteiger partial charge in [0.15, 0.2) is 0 Å². The lowest BCUT2D eigenvalue weighted by molar-refractivity contribution is -0.132. The van der Waals surface area contributed by atoms with Crippen molar-refractivity contribution in [1.82, 2.24) is 9.88 Å². The fourth-order valence-electron chi connectivity index (χ4n) is 2.95. The summed E-state index contributed by atoms with van der Waals surface area (Å²) in [7, 11) is 0. The zero-order valence-corrected chi connectivity index (χ0v) is 11.4. The number of halogens is 1. The Kier molecular flexibility index (Phi) is 2.69. The number of likely N-dealkylation sites (tertiary alicyclic amines) is 1. The Hall–Kier alpha value is -0.900. The number of nitrogens with zero attached hydrogens (tertiary/aromatic N) is 2. The number of carbonyl (C=O) groups excluding carboxylic acids is 1. The second-order valence-electron chi connectivity index (χ2n) is 4.96. The van der Waals surface area contributed by atoms with Crippen LogP contribution in [-0.2, 0) is 11.2 Å². The van der Waals surface area contributed by atoms with Gasteiger partial charge in [-0.25, -0.2) is 0 Å². The van der Waals surface area contributed by atoms with Gasteiger partial charge < -0.3 is 4.90 Å². The van der Waals surface area contributed by atoms with Crippen molar-refractivity contribution in [2.75, 3.05) is 6.54 Å². The molecular formula is C13H15BrN2O. The molecule has 0 N–H and O–H groups in total. The van der Waals surface area contributed by atoms with E-state index in [-0.39, 0.29) is 12.0 Å². The summed E-state index contributed by atoms with van der Waals surface area (Å²) in [4.78, 5) is 18.4. The molecule has 2 aliphatic rings. The van der Waals surface area contributed by atoms with Gasteiger partial charge in [-0.3, -0.25) is 9.78 Å². The molecule has 90 valence electrons. The van der Waals surface area contributed by atoms with Gasteiger partial charge in [0.05, 0.1) is 6.04 Å². The van der Waals surface area contributed by atoms with Crippen LogP contribution in [0.4, 0.5) is 0 Å². The smallest absolute Gasteiger partial charge is 0.225 e. The molecule has 3 rings (SSSR count). The highest BCUT2D eigenvalue weighted by molar-refractivity contribution is 9.10. The molecule has 0 bridgehead atoms. The van der Waals surface area contributed by atoms with Crippen LogP contribution in [0, 0.1) is 5.92 Å². The molecule has 0 radical (unpaired) electrons. The number of fused-ring (bicyclic) bond motifs is 1. The van der Waals surface area contributed by atoms with Gasteiger partial charge >= 0.3 is 0 Å². The lowest BCUT2D eigenvalue weighted by Gasteiger charge is -2.24. The average molecular weight is 295 g/mol. The van der Waals surface area contributed by atoms with Crippen LogP contribution in [0.25, 0.3) is 0 Å². The quantitative estimate of drug-likeness (QED) is 0.798. The van der Waals surface area contributed by atoms with Gasteiger partial charge in [-0.2, -0.15) is 0 Å². The van der Waals surface area contributed by atoms with Crippen molar-refractivity contribution < 1.29 is 4.79 Å². The van der Waals surface area contributed by atoms with Crippen molar-refractivity contribution in [2.24, 2.45) is 5.92 Å². The molecule has 1 amide bonds. The van der Waals surface area contributed by atoms with E-state index in [2.05, 4.69) is 20.9 Å². The molecule has 3 nitrogen and oxygen atoms in total. The van der Waals surface area contributed by atoms with Crippen molar-refractivity contribution in [3.05, 3.63) is 28.0 Å². The summed E-state index contributed by atoms with van der Waals surface area (Å²) >= 11 is 3.54. The van der Waals surface area contributed by atoms with Crippen LogP contribution in [-0.4, -0.2) is 22.3 Å². The summed E-state index contributed by atoms with van der Waals surface area (Å²) in [5.74, 6) is 0.502. The lowest BCUT2D eigenvalue weighted by Crippen LogP contribution is -2.30. The van der Waals surface area contributed by atoms with Crippen LogP contribution in [0.2, 0.25) is 0 Å². The fraction of sp³-hybridized carbons (Fsp3) is 0.538. The third kappa shape index (κ3) is 1.69. The lowest BCUT2D eigenvalue weighted by atomic mass is 10.1. The van der Waals surface area contributed by atoms with Crippen molar-refractivity contribution in [3.8, 4) is 0 Å². The first-order chi connectivity index (χ1) is 8.18. The molecule has 1 aliphatic carbocycles. The van der Waals surface area contributed by atoms with Gasteiger partial charge in [0, 0.05) is 29.3 Å². The van der Waals surface area contributed by atoms with Gasteiger partial charge in [-0.1, -0.05) is 6.92 Å². The van der Waals surface area contributed by atoms with Crippen LogP contribution in [0.3, 0.4) is 0 Å². The van der Waals surface area contributed by atoms with E-state index in [1.807, 2.05) is 24.2 Å². The molecule has 0 aromatic carbocycles. The molecule has 1 aromatic rings. The van der Waals surface area contributed by atoms with E-state index in [1.165, 1.54) is 11.1 Å². The summed E-state index contributed by atoms with van der Waals surface area (Å²) in [5, 5.41) is 0. The SMILES string of the molecule is CC1CCN([C@@H]2CCc3c(Br)cncc32)C1=O. The van der Waals surface area contributed by atoms with Crippen molar-refractivity contribution >= 4 is 21.8 Å². The molecule has 1 unspecified atom stereocenters. The number of rotatable bonds is 1. The molecule has 2 heterocycles. The molecule has 1 aromatic heterocycles. The van der Waals surface area contributed by atoms with Gasteiger partial charge in [-0.05, 0) is 46.3 Å². The average Bonchev–Trinajstić information content (AvgIpc) is 2.86. The largest absolute Gasteiger partial charge is 0.335 e. The van der Waals surface area contributed by atoms with Crippen molar-refractivity contribution in [1.29, 1.82) is 0 Å². The third-order valence-electron chi connectivity index (χ3n) is 3.95. The predicted octanol–water partition coefficient (Wildman–Crippen LogP) is 2.70. The monoisotopic (exact) mass is 294 g/mol. The number of hydrogen-bond donors (Lipinski definition) is 0. The summed E-state index contributed by atoms with van der Waals surface area (Å²) in [6.45, 7) is 2.92. The molecule has 0 saturated carbocycles. The van der Waals surface area contributed by atoms with E-state index >= 15 is 0 Å². The maximum Gasteiger partial charge on any atom is 0.225 e. The minimum Gasteiger partial charge on any atom is -0.335 e. The zero-order chi connectivity index (χ0) is 12.0. The van der Waals surface area contributed by atoms with E-state index in [0.717, 1.165) is 30.3 Å². The maximum absolute atomic E-state index is 12.1. The molecule has 1 saturated heterocycles. The molecular weight excluding hydrogens is 280 g/mol. The Bertz CT molecular complexity index is 474. The maximum atomic E-state index is 12.1. The number of hydrogen-bond acceptors (Lipinski definition) is 2. The van der Waals surface area contributed by atoms with Crippen LogP contribution in [0.15, 0.2) is 16.9 Å². The fourth-order valence-corrected chi connectivity index (χ4v) is 3.49. The van der Waals surface area contributed by atoms with E-state index < -0.39 is 0 Å². The van der Waals surface area contributed by atoms with E-state index in [4.69, 9.17) is 0 Å². The van der Waals surface area contributed by atoms with Gasteiger partial charge in [0.25, 0.3) is 0 Å². The highest BCUT2D eigenvalue weighted by Gasteiger charge is 2.37. The molecule has 1 aliphatic heterocycles. The highest BCUT2D eigenvalue weighted by atomic mass is 79.9. The standard InChI is InChI=1S/C13H15BrN2O/c1-8-4-5-16(13(8)17)12-3-2-9-10(12)6-15-7-11(9)14/h6-8,12H,2-5H2,1H3/t8?,12-/m1/s1. The van der Waals surface area contributed by atoms with E-state index in [1.54, 1.807) is 0 Å². The van der Waals surface area contributed by atoms with Gasteiger partial charge in [-0.15, -0.1) is 0 Å². The Balaban J connectivity index is 1.94. The highest BCUT2D eigenvalue weighted by Crippen LogP contribution is 2.40. The van der Waals surface area contributed by atoms with Crippen LogP contribution >= 0.6 is 15.9 Å². The molecule has 4 heteroatoms. The first kappa shape index (κ1) is 11.2. The Morgan fingerprint density at radius 3 is 2.94 bits per heavy atom. The Morgan fingerprint density at radius 2 is 2.24 bits per heavy atom. The number of aromatic nitrogens is 1. The number of amides is 1. The van der Waals surface area contributed by atoms with Crippen molar-refractivity contribution in [2.45, 2.75) is 32.2 Å². The minimum atomic E-state index is 0.194. The van der Waals surface area contributed by atoms with Crippen molar-refractivity contribution in [3.63, 3.8) is 0 Å². The second-order valence-corrected chi connectivity index (χ2v) is 5.82. The molecule has 1 fully saturated rings. The van der Waals surface area contributed by atoms with Gasteiger partial charge in [0.1, 0.15) is 0 Å². The minimum absolute atomic E-state index is 0.194. The molecule has 2 atom stereocenters. The number of carbonyl (C=O) groups is 1. The summed E-state index contributed by atoms with van der Waals surface area (Å²) in [6.07, 6.45) is 6.84. The predicted molar refractivity (Wildman–Crippen MR) is 68.5 cm³/mol. The first-order valence-electron chi connectivity index (χ1n) is 6.11. The van der Waals surface area contributed by atoms with E-state index in [0.29, 0.717) is 5.91 Å². The third-order valence-corrected chi connectivity index (χ3v) is 4.63. The molecule has 17 heavy (non-hydrogen) atoms. The van der Waals surface area contributed by atoms with Crippen LogP contribution in [0.5, 0.6) is 0 Å².